The number of sulfonamides is 1. The molecule has 1 aliphatic carbocycles. The van der Waals surface area contributed by atoms with Crippen molar-refractivity contribution in [2.75, 3.05) is 15.8 Å². The van der Waals surface area contributed by atoms with Crippen molar-refractivity contribution in [3.63, 3.8) is 0 Å². The van der Waals surface area contributed by atoms with Crippen LogP contribution in [-0.4, -0.2) is 35.3 Å². The molecule has 0 saturated carbocycles. The molecular formula is C24H23ClN6O3S2. The molecule has 0 unspecified atom stereocenters. The maximum atomic E-state index is 12.5. The number of nitrogens with zero attached hydrogens (tertiary/aromatic N) is 4. The molecule has 2 heterocycles. The van der Waals surface area contributed by atoms with Crippen molar-refractivity contribution in [1.82, 2.24) is 15.2 Å². The normalized spacial score (nSPS) is 13.2. The van der Waals surface area contributed by atoms with Crippen LogP contribution in [-0.2, 0) is 27.7 Å². The number of hydrogen-bond donors (Lipinski definition) is 2. The van der Waals surface area contributed by atoms with Crippen LogP contribution in [0.25, 0.3) is 0 Å². The van der Waals surface area contributed by atoms with Crippen LogP contribution in [0.15, 0.2) is 52.4 Å². The maximum Gasteiger partial charge on any atom is 0.263 e. The van der Waals surface area contributed by atoms with E-state index in [0.29, 0.717) is 22.0 Å². The molecule has 0 aliphatic heterocycles. The summed E-state index contributed by atoms with van der Waals surface area (Å²) in [6.45, 7) is 0. The van der Waals surface area contributed by atoms with Gasteiger partial charge in [-0.3, -0.25) is 9.52 Å². The Morgan fingerprint density at radius 3 is 2.58 bits per heavy atom. The smallest absolute Gasteiger partial charge is 0.263 e. The molecule has 1 amide bonds. The first-order valence-corrected chi connectivity index (χ1v) is 14.2. The summed E-state index contributed by atoms with van der Waals surface area (Å²) in [6, 6.07) is 12.8. The number of aromatic nitrogens is 3. The van der Waals surface area contributed by atoms with Gasteiger partial charge in [-0.05, 0) is 73.7 Å². The largest absolute Gasteiger partial charge is 0.326 e. The van der Waals surface area contributed by atoms with Gasteiger partial charge in [0, 0.05) is 23.6 Å². The standard InChI is InChI=1S/C24H23ClN6O3S2/c25-21-10-11-22(30-29-21)31-36(33,34)19-8-6-18(7-9-19)27-23(32)12-13-35-24-17(15-26)14-16-4-2-1-3-5-20(16)28-24/h6-11,14H,1-5,12-13H2,(H,27,32)(H,30,31). The second-order valence-electron chi connectivity index (χ2n) is 8.14. The van der Waals surface area contributed by atoms with Gasteiger partial charge in [0.15, 0.2) is 11.0 Å². The maximum absolute atomic E-state index is 12.5. The highest BCUT2D eigenvalue weighted by Gasteiger charge is 2.17. The van der Waals surface area contributed by atoms with Crippen LogP contribution in [0.1, 0.15) is 42.5 Å². The summed E-state index contributed by atoms with van der Waals surface area (Å²) in [7, 11) is -3.88. The Kier molecular flexibility index (Phi) is 8.40. The first kappa shape index (κ1) is 25.9. The number of nitriles is 1. The van der Waals surface area contributed by atoms with Crippen molar-refractivity contribution in [2.45, 2.75) is 48.4 Å². The van der Waals surface area contributed by atoms with Crippen LogP contribution in [0.5, 0.6) is 0 Å². The Bertz CT molecular complexity index is 1390. The highest BCUT2D eigenvalue weighted by atomic mass is 35.5. The lowest BCUT2D eigenvalue weighted by molar-refractivity contribution is -0.115. The van der Waals surface area contributed by atoms with E-state index >= 15 is 0 Å². The van der Waals surface area contributed by atoms with Crippen molar-refractivity contribution in [1.29, 1.82) is 5.26 Å². The number of rotatable bonds is 8. The van der Waals surface area contributed by atoms with Crippen LogP contribution in [0.4, 0.5) is 11.5 Å². The van der Waals surface area contributed by atoms with Crippen LogP contribution >= 0.6 is 23.4 Å². The summed E-state index contributed by atoms with van der Waals surface area (Å²) in [6.07, 6.45) is 5.47. The monoisotopic (exact) mass is 542 g/mol. The average Bonchev–Trinajstić information content (AvgIpc) is 3.10. The molecule has 0 spiro atoms. The first-order chi connectivity index (χ1) is 17.3. The predicted molar refractivity (Wildman–Crippen MR) is 138 cm³/mol. The quantitative estimate of drug-likeness (QED) is 0.311. The highest BCUT2D eigenvalue weighted by molar-refractivity contribution is 7.99. The number of benzene rings is 1. The fourth-order valence-corrected chi connectivity index (χ4v) is 5.74. The molecule has 1 aliphatic rings. The fraction of sp³-hybridized carbons (Fsp3) is 0.292. The molecule has 0 radical (unpaired) electrons. The summed E-state index contributed by atoms with van der Waals surface area (Å²) >= 11 is 7.06. The molecular weight excluding hydrogens is 520 g/mol. The van der Waals surface area contributed by atoms with Gasteiger partial charge in [-0.15, -0.1) is 22.0 Å². The van der Waals surface area contributed by atoms with Gasteiger partial charge < -0.3 is 5.32 Å². The summed E-state index contributed by atoms with van der Waals surface area (Å²) in [4.78, 5) is 17.1. The Morgan fingerprint density at radius 1 is 1.08 bits per heavy atom. The number of aryl methyl sites for hydroxylation is 2. The topological polar surface area (TPSA) is 138 Å². The summed E-state index contributed by atoms with van der Waals surface area (Å²) in [5.74, 6) is 0.281. The zero-order valence-corrected chi connectivity index (χ0v) is 21.6. The van der Waals surface area contributed by atoms with Crippen molar-refractivity contribution < 1.29 is 13.2 Å². The number of nitrogens with one attached hydrogen (secondary N) is 2. The van der Waals surface area contributed by atoms with Crippen molar-refractivity contribution in [3.8, 4) is 6.07 Å². The van der Waals surface area contributed by atoms with Crippen LogP contribution in [0, 0.1) is 11.3 Å². The first-order valence-electron chi connectivity index (χ1n) is 11.3. The SMILES string of the molecule is N#Cc1cc2c(nc1SCCC(=O)Nc1ccc(S(=O)(=O)Nc3ccc(Cl)nn3)cc1)CCCCC2. The number of amides is 1. The minimum absolute atomic E-state index is 0.00567. The van der Waals surface area contributed by atoms with Gasteiger partial charge in [0.2, 0.25) is 5.91 Å². The van der Waals surface area contributed by atoms with Gasteiger partial charge in [-0.1, -0.05) is 18.0 Å². The van der Waals surface area contributed by atoms with E-state index in [1.165, 1.54) is 54.6 Å². The molecule has 4 rings (SSSR count). The number of hydrogen-bond acceptors (Lipinski definition) is 8. The molecule has 0 atom stereocenters. The highest BCUT2D eigenvalue weighted by Crippen LogP contribution is 2.27. The van der Waals surface area contributed by atoms with Gasteiger partial charge >= 0.3 is 0 Å². The van der Waals surface area contributed by atoms with Crippen LogP contribution < -0.4 is 10.0 Å². The van der Waals surface area contributed by atoms with E-state index < -0.39 is 10.0 Å². The predicted octanol–water partition coefficient (Wildman–Crippen LogP) is 4.59. The van der Waals surface area contributed by atoms with Crippen LogP contribution in [0.3, 0.4) is 0 Å². The van der Waals surface area contributed by atoms with Gasteiger partial charge in [-0.2, -0.15) is 5.26 Å². The molecule has 9 nitrogen and oxygen atoms in total. The Morgan fingerprint density at radius 2 is 1.86 bits per heavy atom. The van der Waals surface area contributed by atoms with E-state index in [4.69, 9.17) is 16.6 Å². The molecule has 0 saturated heterocycles. The Balaban J connectivity index is 1.31. The van der Waals surface area contributed by atoms with Gasteiger partial charge in [0.1, 0.15) is 11.1 Å². The van der Waals surface area contributed by atoms with E-state index in [1.54, 1.807) is 0 Å². The van der Waals surface area contributed by atoms with Crippen molar-refractivity contribution in [3.05, 3.63) is 64.4 Å². The third-order valence-electron chi connectivity index (χ3n) is 5.52. The number of carbonyl (C=O) groups excluding carboxylic acids is 1. The molecule has 1 aromatic carbocycles. The van der Waals surface area contributed by atoms with Crippen molar-refractivity contribution in [2.24, 2.45) is 0 Å². The van der Waals surface area contributed by atoms with E-state index in [-0.39, 0.29) is 28.2 Å². The molecule has 3 aromatic rings. The number of fused-ring (bicyclic) bond motifs is 1. The zero-order valence-electron chi connectivity index (χ0n) is 19.2. The molecule has 2 aromatic heterocycles. The lowest BCUT2D eigenvalue weighted by Crippen LogP contribution is -2.15. The second-order valence-corrected chi connectivity index (χ2v) is 11.3. The summed E-state index contributed by atoms with van der Waals surface area (Å²) < 4.78 is 27.4. The lowest BCUT2D eigenvalue weighted by Gasteiger charge is -2.10. The van der Waals surface area contributed by atoms with Crippen LogP contribution in [0.2, 0.25) is 5.15 Å². The third-order valence-corrected chi connectivity index (χ3v) is 8.09. The number of thioether (sulfide) groups is 1. The van der Waals surface area contributed by atoms with Crippen molar-refractivity contribution >= 4 is 50.8 Å². The molecule has 12 heteroatoms. The second kappa shape index (κ2) is 11.7. The van der Waals surface area contributed by atoms with E-state index in [9.17, 15) is 18.5 Å². The Labute approximate surface area is 218 Å². The number of halogens is 1. The molecule has 0 fully saturated rings. The van der Waals surface area contributed by atoms with E-state index in [0.717, 1.165) is 36.9 Å². The lowest BCUT2D eigenvalue weighted by atomic mass is 10.1. The molecule has 2 N–H and O–H groups in total. The van der Waals surface area contributed by atoms with E-state index in [2.05, 4.69) is 26.3 Å². The van der Waals surface area contributed by atoms with Gasteiger partial charge in [0.05, 0.1) is 10.5 Å². The Hall–Kier alpha value is -3.20. The summed E-state index contributed by atoms with van der Waals surface area (Å²) in [5, 5.41) is 20.4. The number of carbonyl (C=O) groups is 1. The minimum atomic E-state index is -3.88. The molecule has 0 bridgehead atoms. The zero-order chi connectivity index (χ0) is 25.5. The molecule has 36 heavy (non-hydrogen) atoms. The number of pyridine rings is 1. The summed E-state index contributed by atoms with van der Waals surface area (Å²) in [5.41, 5.74) is 3.24. The fourth-order valence-electron chi connectivity index (χ4n) is 3.73. The number of anilines is 2. The minimum Gasteiger partial charge on any atom is -0.326 e. The van der Waals surface area contributed by atoms with E-state index in [1.807, 2.05) is 6.07 Å². The third kappa shape index (κ3) is 6.72. The molecule has 186 valence electrons. The average molecular weight is 543 g/mol. The van der Waals surface area contributed by atoms with Gasteiger partial charge in [0.25, 0.3) is 10.0 Å². The van der Waals surface area contributed by atoms with Gasteiger partial charge in [-0.25, -0.2) is 13.4 Å².